The van der Waals surface area contributed by atoms with Gasteiger partial charge in [-0.1, -0.05) is 18.2 Å². The van der Waals surface area contributed by atoms with Crippen LogP contribution in [0.1, 0.15) is 5.56 Å². The van der Waals surface area contributed by atoms with Gasteiger partial charge in [-0.25, -0.2) is 4.39 Å². The Balaban J connectivity index is 2.02. The second-order valence-corrected chi connectivity index (χ2v) is 2.93. The van der Waals surface area contributed by atoms with E-state index < -0.39 is 0 Å². The third kappa shape index (κ3) is 1.90. The molecular weight excluding hydrogens is 181 g/mol. The van der Waals surface area contributed by atoms with Crippen molar-refractivity contribution in [2.24, 2.45) is 0 Å². The fourth-order valence-electron chi connectivity index (χ4n) is 1.19. The molecule has 0 amide bonds. The third-order valence-electron chi connectivity index (χ3n) is 1.94. The van der Waals surface area contributed by atoms with Crippen molar-refractivity contribution in [3.63, 3.8) is 0 Å². The first-order valence-electron chi connectivity index (χ1n) is 4.32. The van der Waals surface area contributed by atoms with Gasteiger partial charge in [0, 0.05) is 18.3 Å². The number of rotatable bonds is 3. The van der Waals surface area contributed by atoms with Gasteiger partial charge in [-0.3, -0.25) is 5.10 Å². The molecule has 0 unspecified atom stereocenters. The second kappa shape index (κ2) is 3.91. The van der Waals surface area contributed by atoms with Gasteiger partial charge in [0.05, 0.1) is 11.9 Å². The van der Waals surface area contributed by atoms with Crippen LogP contribution in [0.3, 0.4) is 0 Å². The summed E-state index contributed by atoms with van der Waals surface area (Å²) in [6.45, 7) is 0.464. The summed E-state index contributed by atoms with van der Waals surface area (Å²) in [7, 11) is 0. The van der Waals surface area contributed by atoms with Crippen LogP contribution >= 0.6 is 0 Å². The first-order chi connectivity index (χ1) is 6.86. The predicted octanol–water partition coefficient (Wildman–Crippen LogP) is 2.16. The van der Waals surface area contributed by atoms with Crippen LogP contribution in [-0.4, -0.2) is 10.2 Å². The summed E-state index contributed by atoms with van der Waals surface area (Å²) < 4.78 is 13.2. The van der Waals surface area contributed by atoms with Gasteiger partial charge in [-0.15, -0.1) is 0 Å². The maximum atomic E-state index is 13.2. The second-order valence-electron chi connectivity index (χ2n) is 2.93. The molecule has 0 radical (unpaired) electrons. The Morgan fingerprint density at radius 1 is 1.36 bits per heavy atom. The number of benzene rings is 1. The van der Waals surface area contributed by atoms with E-state index in [2.05, 4.69) is 15.5 Å². The van der Waals surface area contributed by atoms with E-state index in [4.69, 9.17) is 0 Å². The molecule has 72 valence electrons. The number of nitrogens with one attached hydrogen (secondary N) is 2. The first-order valence-corrected chi connectivity index (χ1v) is 4.32. The summed E-state index contributed by atoms with van der Waals surface area (Å²) >= 11 is 0. The highest BCUT2D eigenvalue weighted by Gasteiger charge is 1.99. The van der Waals surface area contributed by atoms with Crippen LogP contribution < -0.4 is 5.32 Å². The molecule has 0 aliphatic heterocycles. The summed E-state index contributed by atoms with van der Waals surface area (Å²) in [5.41, 5.74) is 1.50. The molecule has 2 N–H and O–H groups in total. The summed E-state index contributed by atoms with van der Waals surface area (Å²) in [6, 6.07) is 6.70. The molecule has 2 aromatic rings. The lowest BCUT2D eigenvalue weighted by atomic mass is 10.2. The molecule has 1 aromatic carbocycles. The largest absolute Gasteiger partial charge is 0.378 e. The van der Waals surface area contributed by atoms with E-state index in [0.717, 1.165) is 5.69 Å². The van der Waals surface area contributed by atoms with Crippen LogP contribution in [0.4, 0.5) is 10.1 Å². The van der Waals surface area contributed by atoms with E-state index in [0.29, 0.717) is 12.1 Å². The van der Waals surface area contributed by atoms with Crippen molar-refractivity contribution in [3.05, 3.63) is 48.0 Å². The molecule has 0 saturated heterocycles. The number of aromatic amines is 1. The average Bonchev–Trinajstić information content (AvgIpc) is 2.69. The number of anilines is 1. The van der Waals surface area contributed by atoms with Crippen molar-refractivity contribution >= 4 is 5.69 Å². The summed E-state index contributed by atoms with van der Waals surface area (Å²) in [6.07, 6.45) is 3.38. The summed E-state index contributed by atoms with van der Waals surface area (Å²) in [5, 5.41) is 9.50. The number of halogens is 1. The zero-order valence-corrected chi connectivity index (χ0v) is 7.50. The van der Waals surface area contributed by atoms with Gasteiger partial charge in [-0.05, 0) is 6.07 Å². The SMILES string of the molecule is Fc1ccccc1CNc1cn[nH]c1. The van der Waals surface area contributed by atoms with Crippen LogP contribution in [0, 0.1) is 5.82 Å². The molecule has 0 saturated carbocycles. The highest BCUT2D eigenvalue weighted by molar-refractivity contribution is 5.38. The highest BCUT2D eigenvalue weighted by Crippen LogP contribution is 2.09. The molecule has 0 spiro atoms. The van der Waals surface area contributed by atoms with Crippen molar-refractivity contribution in [1.29, 1.82) is 0 Å². The van der Waals surface area contributed by atoms with Gasteiger partial charge in [-0.2, -0.15) is 5.10 Å². The van der Waals surface area contributed by atoms with Gasteiger partial charge >= 0.3 is 0 Å². The molecule has 0 atom stereocenters. The first kappa shape index (κ1) is 8.74. The number of nitrogens with zero attached hydrogens (tertiary/aromatic N) is 1. The molecule has 0 bridgehead atoms. The molecule has 0 fully saturated rings. The molecule has 1 aromatic heterocycles. The molecular formula is C10H10FN3. The standard InChI is InChI=1S/C10H10FN3/c11-10-4-2-1-3-8(10)5-12-9-6-13-14-7-9/h1-4,6-7,12H,5H2,(H,13,14). The Morgan fingerprint density at radius 3 is 2.93 bits per heavy atom. The summed E-state index contributed by atoms with van der Waals surface area (Å²) in [5.74, 6) is -0.191. The minimum absolute atomic E-state index is 0.191. The third-order valence-corrected chi connectivity index (χ3v) is 1.94. The molecule has 14 heavy (non-hydrogen) atoms. The van der Waals surface area contributed by atoms with Crippen molar-refractivity contribution in [1.82, 2.24) is 10.2 Å². The average molecular weight is 191 g/mol. The van der Waals surface area contributed by atoms with E-state index in [1.54, 1.807) is 24.5 Å². The quantitative estimate of drug-likeness (QED) is 0.780. The van der Waals surface area contributed by atoms with Crippen molar-refractivity contribution in [2.45, 2.75) is 6.54 Å². The fourth-order valence-corrected chi connectivity index (χ4v) is 1.19. The molecule has 1 heterocycles. The predicted molar refractivity (Wildman–Crippen MR) is 52.3 cm³/mol. The maximum Gasteiger partial charge on any atom is 0.128 e. The lowest BCUT2D eigenvalue weighted by Crippen LogP contribution is -2.00. The van der Waals surface area contributed by atoms with Gasteiger partial charge in [0.1, 0.15) is 5.82 Å². The van der Waals surface area contributed by atoms with Gasteiger partial charge in [0.2, 0.25) is 0 Å². The van der Waals surface area contributed by atoms with E-state index >= 15 is 0 Å². The Kier molecular flexibility index (Phi) is 2.44. The van der Waals surface area contributed by atoms with Crippen molar-refractivity contribution in [3.8, 4) is 0 Å². The smallest absolute Gasteiger partial charge is 0.128 e. The monoisotopic (exact) mass is 191 g/mol. The van der Waals surface area contributed by atoms with Gasteiger partial charge in [0.25, 0.3) is 0 Å². The van der Waals surface area contributed by atoms with E-state index in [-0.39, 0.29) is 5.82 Å². The number of hydrogen-bond acceptors (Lipinski definition) is 2. The molecule has 0 aliphatic rings. The van der Waals surface area contributed by atoms with Crippen LogP contribution in [0.2, 0.25) is 0 Å². The van der Waals surface area contributed by atoms with Crippen molar-refractivity contribution in [2.75, 3.05) is 5.32 Å². The van der Waals surface area contributed by atoms with Gasteiger partial charge < -0.3 is 5.32 Å². The minimum atomic E-state index is -0.191. The van der Waals surface area contributed by atoms with Gasteiger partial charge in [0.15, 0.2) is 0 Å². The number of hydrogen-bond donors (Lipinski definition) is 2. The molecule has 0 aliphatic carbocycles. The topological polar surface area (TPSA) is 40.7 Å². The Labute approximate surface area is 81.0 Å². The lowest BCUT2D eigenvalue weighted by Gasteiger charge is -2.03. The molecule has 2 rings (SSSR count). The van der Waals surface area contributed by atoms with Crippen LogP contribution in [0.25, 0.3) is 0 Å². The number of aromatic nitrogens is 2. The van der Waals surface area contributed by atoms with Crippen LogP contribution in [-0.2, 0) is 6.54 Å². The Bertz CT molecular complexity index is 398. The zero-order chi connectivity index (χ0) is 9.80. The molecule has 4 heteroatoms. The van der Waals surface area contributed by atoms with E-state index in [1.807, 2.05) is 6.07 Å². The fraction of sp³-hybridized carbons (Fsp3) is 0.100. The summed E-state index contributed by atoms with van der Waals surface area (Å²) in [4.78, 5) is 0. The van der Waals surface area contributed by atoms with E-state index in [1.165, 1.54) is 6.07 Å². The van der Waals surface area contributed by atoms with Crippen LogP contribution in [0.5, 0.6) is 0 Å². The normalized spacial score (nSPS) is 10.1. The number of H-pyrrole nitrogens is 1. The Hall–Kier alpha value is -1.84. The zero-order valence-electron chi connectivity index (χ0n) is 7.50. The van der Waals surface area contributed by atoms with Crippen LogP contribution in [0.15, 0.2) is 36.7 Å². The molecule has 3 nitrogen and oxygen atoms in total. The van der Waals surface area contributed by atoms with E-state index in [9.17, 15) is 4.39 Å². The maximum absolute atomic E-state index is 13.2. The van der Waals surface area contributed by atoms with Crippen molar-refractivity contribution < 1.29 is 4.39 Å². The lowest BCUT2D eigenvalue weighted by molar-refractivity contribution is 0.613. The highest BCUT2D eigenvalue weighted by atomic mass is 19.1. The minimum Gasteiger partial charge on any atom is -0.378 e. The Morgan fingerprint density at radius 2 is 2.21 bits per heavy atom.